The average molecular weight is 499 g/mol. The van der Waals surface area contributed by atoms with Gasteiger partial charge in [0.15, 0.2) is 0 Å². The van der Waals surface area contributed by atoms with E-state index >= 15 is 0 Å². The lowest BCUT2D eigenvalue weighted by molar-refractivity contribution is -0.911. The van der Waals surface area contributed by atoms with Crippen molar-refractivity contribution in [1.29, 1.82) is 0 Å². The van der Waals surface area contributed by atoms with E-state index in [1.807, 2.05) is 24.3 Å². The number of carbonyl (C=O) groups is 1. The van der Waals surface area contributed by atoms with E-state index in [0.29, 0.717) is 40.5 Å². The van der Waals surface area contributed by atoms with Gasteiger partial charge in [-0.2, -0.15) is 0 Å². The molecule has 3 aliphatic rings. The molecule has 1 aliphatic heterocycles. The van der Waals surface area contributed by atoms with Crippen LogP contribution in [0.5, 0.6) is 11.5 Å². The maximum absolute atomic E-state index is 13.8. The zero-order valence-electron chi connectivity index (χ0n) is 21.4. The molecule has 2 saturated carbocycles. The molecule has 0 saturated heterocycles. The number of carbonyl (C=O) groups excluding carboxylic acids is 1. The quantitative estimate of drug-likeness (QED) is 0.360. The van der Waals surface area contributed by atoms with E-state index in [4.69, 9.17) is 9.47 Å². The molecule has 5 atom stereocenters. The van der Waals surface area contributed by atoms with Gasteiger partial charge in [-0.1, -0.05) is 66.7 Å². The lowest BCUT2D eigenvalue weighted by Gasteiger charge is -2.35. The molecule has 5 heteroatoms. The highest BCUT2D eigenvalue weighted by Gasteiger charge is 2.56. The van der Waals surface area contributed by atoms with Gasteiger partial charge in [0.2, 0.25) is 5.60 Å². The lowest BCUT2D eigenvalue weighted by atomic mass is 9.83. The van der Waals surface area contributed by atoms with Crippen LogP contribution in [0, 0.1) is 11.8 Å². The first-order chi connectivity index (χ1) is 18.1. The molecule has 2 bridgehead atoms. The number of benzene rings is 3. The Kier molecular flexibility index (Phi) is 6.51. The molecule has 192 valence electrons. The molecule has 3 aromatic rings. The van der Waals surface area contributed by atoms with Crippen LogP contribution in [0.3, 0.4) is 0 Å². The average Bonchev–Trinajstić information content (AvgIpc) is 3.50. The number of unbranched alkanes of at least 4 members (excludes halogenated alkanes) is 1. The molecule has 5 unspecified atom stereocenters. The van der Waals surface area contributed by atoms with Crippen LogP contribution in [0.1, 0.15) is 48.8 Å². The summed E-state index contributed by atoms with van der Waals surface area (Å²) in [6.07, 6.45) is 6.53. The van der Waals surface area contributed by atoms with Crippen molar-refractivity contribution in [1.82, 2.24) is 0 Å². The van der Waals surface area contributed by atoms with Crippen LogP contribution in [0.4, 0.5) is 0 Å². The second-order valence-electron chi connectivity index (χ2n) is 11.1. The Bertz CT molecular complexity index is 1210. The Hall–Kier alpha value is -3.15. The zero-order valence-corrected chi connectivity index (χ0v) is 21.4. The standard InChI is InChI=1S/C32H35NO4/c1-33(20-10-9-13-22-11-3-2-4-12-22)30-23-18-19-24(30)29(21-23)37-31(34)32(35)25-14-5-7-16-27(25)36-28-17-8-6-15-26(28)32/h2-8,11-12,14-17,23-24,29-30,35H,9-10,13,18-21H2,1H3/p+1. The summed E-state index contributed by atoms with van der Waals surface area (Å²) in [5, 5.41) is 11.9. The van der Waals surface area contributed by atoms with Gasteiger partial charge < -0.3 is 19.5 Å². The fraction of sp³-hybridized carbons (Fsp3) is 0.406. The smallest absolute Gasteiger partial charge is 0.348 e. The molecule has 2 aliphatic carbocycles. The highest BCUT2D eigenvalue weighted by atomic mass is 16.6. The van der Waals surface area contributed by atoms with Crippen LogP contribution in [0.2, 0.25) is 0 Å². The van der Waals surface area contributed by atoms with Crippen molar-refractivity contribution < 1.29 is 24.3 Å². The number of hydrogen-bond acceptors (Lipinski definition) is 4. The molecular weight excluding hydrogens is 462 g/mol. The molecule has 2 N–H and O–H groups in total. The molecule has 0 aromatic heterocycles. The number of ether oxygens (including phenoxy) is 2. The number of fused-ring (bicyclic) bond motifs is 4. The largest absolute Gasteiger partial charge is 0.459 e. The van der Waals surface area contributed by atoms with Gasteiger partial charge in [0.25, 0.3) is 0 Å². The van der Waals surface area contributed by atoms with Crippen LogP contribution in [0.15, 0.2) is 78.9 Å². The number of para-hydroxylation sites is 2. The minimum atomic E-state index is -1.88. The topological polar surface area (TPSA) is 60.2 Å². The van der Waals surface area contributed by atoms with Crippen molar-refractivity contribution >= 4 is 5.97 Å². The molecule has 0 radical (unpaired) electrons. The molecule has 1 heterocycles. The number of hydrogen-bond donors (Lipinski definition) is 2. The molecule has 0 amide bonds. The summed E-state index contributed by atoms with van der Waals surface area (Å²) in [5.41, 5.74) is 0.417. The summed E-state index contributed by atoms with van der Waals surface area (Å²) in [4.78, 5) is 15.3. The van der Waals surface area contributed by atoms with Crippen molar-refractivity contribution in [3.05, 3.63) is 95.6 Å². The van der Waals surface area contributed by atoms with Crippen LogP contribution < -0.4 is 9.64 Å². The molecule has 0 spiro atoms. The van der Waals surface area contributed by atoms with Crippen LogP contribution in [-0.4, -0.2) is 36.8 Å². The van der Waals surface area contributed by atoms with E-state index < -0.39 is 11.6 Å². The van der Waals surface area contributed by atoms with Crippen molar-refractivity contribution in [3.8, 4) is 11.5 Å². The Morgan fingerprint density at radius 3 is 2.30 bits per heavy atom. The first-order valence-corrected chi connectivity index (χ1v) is 13.7. The van der Waals surface area contributed by atoms with Gasteiger partial charge in [0.1, 0.15) is 17.6 Å². The predicted molar refractivity (Wildman–Crippen MR) is 142 cm³/mol. The summed E-state index contributed by atoms with van der Waals surface area (Å²) in [6, 6.07) is 25.6. The first kappa shape index (κ1) is 24.2. The van der Waals surface area contributed by atoms with Crippen LogP contribution >= 0.6 is 0 Å². The number of aliphatic hydroxyl groups is 1. The predicted octanol–water partition coefficient (Wildman–Crippen LogP) is 4.28. The second kappa shape index (κ2) is 9.96. The Morgan fingerprint density at radius 1 is 0.946 bits per heavy atom. The van der Waals surface area contributed by atoms with Gasteiger partial charge in [-0.25, -0.2) is 4.79 Å². The van der Waals surface area contributed by atoms with E-state index in [9.17, 15) is 9.90 Å². The normalized spacial score (nSPS) is 25.6. The van der Waals surface area contributed by atoms with Gasteiger partial charge in [0, 0.05) is 23.0 Å². The molecule has 2 fully saturated rings. The first-order valence-electron chi connectivity index (χ1n) is 13.7. The Morgan fingerprint density at radius 2 is 1.59 bits per heavy atom. The van der Waals surface area contributed by atoms with Gasteiger partial charge in [-0.3, -0.25) is 0 Å². The summed E-state index contributed by atoms with van der Waals surface area (Å²) >= 11 is 0. The zero-order chi connectivity index (χ0) is 25.4. The second-order valence-corrected chi connectivity index (χ2v) is 11.1. The third-order valence-corrected chi connectivity index (χ3v) is 8.88. The number of aryl methyl sites for hydroxylation is 1. The molecule has 3 aromatic carbocycles. The molecular formula is C32H36NO4+. The number of rotatable bonds is 8. The van der Waals surface area contributed by atoms with Crippen LogP contribution in [0.25, 0.3) is 0 Å². The van der Waals surface area contributed by atoms with Gasteiger partial charge in [-0.15, -0.1) is 0 Å². The van der Waals surface area contributed by atoms with E-state index in [1.165, 1.54) is 24.8 Å². The fourth-order valence-electron chi connectivity index (χ4n) is 7.13. The Balaban J connectivity index is 1.13. The lowest BCUT2D eigenvalue weighted by Crippen LogP contribution is -3.14. The number of quaternary nitrogens is 1. The Labute approximate surface area is 219 Å². The summed E-state index contributed by atoms with van der Waals surface area (Å²) < 4.78 is 12.2. The monoisotopic (exact) mass is 498 g/mol. The number of nitrogens with one attached hydrogen (secondary N) is 1. The van der Waals surface area contributed by atoms with Gasteiger partial charge in [-0.05, 0) is 56.2 Å². The van der Waals surface area contributed by atoms with Crippen molar-refractivity contribution in [2.45, 2.75) is 56.3 Å². The highest BCUT2D eigenvalue weighted by Crippen LogP contribution is 2.49. The van der Waals surface area contributed by atoms with Crippen molar-refractivity contribution in [3.63, 3.8) is 0 Å². The summed E-state index contributed by atoms with van der Waals surface area (Å²) in [7, 11) is 2.31. The molecule has 6 rings (SSSR count). The minimum absolute atomic E-state index is 0.151. The van der Waals surface area contributed by atoms with E-state index in [1.54, 1.807) is 29.2 Å². The highest BCUT2D eigenvalue weighted by molar-refractivity contribution is 5.88. The van der Waals surface area contributed by atoms with E-state index in [-0.39, 0.29) is 6.10 Å². The van der Waals surface area contributed by atoms with Crippen molar-refractivity contribution in [2.24, 2.45) is 11.8 Å². The fourth-order valence-corrected chi connectivity index (χ4v) is 7.13. The molecule has 5 nitrogen and oxygen atoms in total. The summed E-state index contributed by atoms with van der Waals surface area (Å²) in [6.45, 7) is 1.13. The molecule has 37 heavy (non-hydrogen) atoms. The maximum atomic E-state index is 13.8. The van der Waals surface area contributed by atoms with Crippen LogP contribution in [-0.2, 0) is 21.6 Å². The maximum Gasteiger partial charge on any atom is 0.348 e. The minimum Gasteiger partial charge on any atom is -0.459 e. The number of esters is 1. The third kappa shape index (κ3) is 4.34. The van der Waals surface area contributed by atoms with E-state index in [0.717, 1.165) is 25.8 Å². The summed E-state index contributed by atoms with van der Waals surface area (Å²) in [5.74, 6) is 1.31. The van der Waals surface area contributed by atoms with Gasteiger partial charge in [0.05, 0.1) is 19.6 Å². The SMILES string of the molecule is C[NH+](CCCCc1ccccc1)C1C2CCC1C(OC(=O)C1(O)c3ccccc3Oc3ccccc31)C2. The van der Waals surface area contributed by atoms with Crippen molar-refractivity contribution in [2.75, 3.05) is 13.6 Å². The van der Waals surface area contributed by atoms with Gasteiger partial charge >= 0.3 is 5.97 Å². The van der Waals surface area contributed by atoms with E-state index in [2.05, 4.69) is 37.4 Å². The third-order valence-electron chi connectivity index (χ3n) is 8.88.